The van der Waals surface area contributed by atoms with E-state index in [4.69, 9.17) is 19.0 Å². The molecule has 0 aliphatic carbocycles. The fraction of sp³-hybridized carbons (Fsp3) is 0.211. The number of aromatic hydroxyl groups is 4. The molecule has 3 rings (SSSR count). The molecule has 0 amide bonds. The summed E-state index contributed by atoms with van der Waals surface area (Å²) in [5.41, 5.74) is -0.555. The number of hydrogen-bond acceptors (Lipinski definition) is 9. The first-order valence-corrected chi connectivity index (χ1v) is 8.29. The number of benzene rings is 2. The molecule has 0 aliphatic rings. The Labute approximate surface area is 158 Å². The predicted molar refractivity (Wildman–Crippen MR) is 98.0 cm³/mol. The van der Waals surface area contributed by atoms with Gasteiger partial charge in [-0.2, -0.15) is 0 Å². The van der Waals surface area contributed by atoms with Crippen LogP contribution in [0, 0.1) is 0 Å². The lowest BCUT2D eigenvalue weighted by molar-refractivity contribution is 0.0701. The Morgan fingerprint density at radius 3 is 2.39 bits per heavy atom. The molecule has 2 aromatic carbocycles. The van der Waals surface area contributed by atoms with Crippen molar-refractivity contribution in [2.24, 2.45) is 0 Å². The molecule has 0 saturated carbocycles. The number of ether oxygens (including phenoxy) is 2. The second kappa shape index (κ2) is 8.07. The van der Waals surface area contributed by atoms with Crippen LogP contribution >= 0.6 is 0 Å². The second-order valence-electron chi connectivity index (χ2n) is 5.82. The van der Waals surface area contributed by atoms with E-state index in [-0.39, 0.29) is 66.0 Å². The summed E-state index contributed by atoms with van der Waals surface area (Å²) >= 11 is 0. The monoisotopic (exact) mass is 390 g/mol. The minimum absolute atomic E-state index is 0.0494. The Morgan fingerprint density at radius 1 is 0.893 bits per heavy atom. The number of fused-ring (bicyclic) bond motifs is 1. The minimum atomic E-state index is -0.691. The third kappa shape index (κ3) is 3.80. The Morgan fingerprint density at radius 2 is 1.68 bits per heavy atom. The van der Waals surface area contributed by atoms with Gasteiger partial charge in [0.1, 0.15) is 29.1 Å². The van der Waals surface area contributed by atoms with Gasteiger partial charge in [-0.3, -0.25) is 4.79 Å². The SMILES string of the molecule is O=c1c(OCCOCCO)c(-c2ccc(O)c(O)c2)oc2cc(O)cc(O)c12. The molecule has 3 aromatic rings. The highest BCUT2D eigenvalue weighted by molar-refractivity contribution is 5.88. The molecule has 0 spiro atoms. The van der Waals surface area contributed by atoms with Gasteiger partial charge in [0.05, 0.1) is 19.8 Å². The summed E-state index contributed by atoms with van der Waals surface area (Å²) in [4.78, 5) is 12.9. The van der Waals surface area contributed by atoms with Crippen molar-refractivity contribution >= 4 is 11.0 Å². The Kier molecular flexibility index (Phi) is 5.57. The van der Waals surface area contributed by atoms with Crippen molar-refractivity contribution in [3.05, 3.63) is 40.6 Å². The highest BCUT2D eigenvalue weighted by Crippen LogP contribution is 2.38. The Bertz CT molecular complexity index is 1060. The Hall–Kier alpha value is -3.43. The van der Waals surface area contributed by atoms with Gasteiger partial charge in [-0.05, 0) is 18.2 Å². The maximum Gasteiger partial charge on any atom is 0.239 e. The zero-order valence-corrected chi connectivity index (χ0v) is 14.6. The zero-order valence-electron chi connectivity index (χ0n) is 14.6. The number of aliphatic hydroxyl groups excluding tert-OH is 1. The minimum Gasteiger partial charge on any atom is -0.508 e. The molecule has 5 N–H and O–H groups in total. The largest absolute Gasteiger partial charge is 0.508 e. The van der Waals surface area contributed by atoms with Crippen molar-refractivity contribution in [2.45, 2.75) is 0 Å². The standard InChI is InChI=1S/C19H18O9/c20-3-4-26-5-6-27-19-17(25)16-14(24)8-11(21)9-15(16)28-18(19)10-1-2-12(22)13(23)7-10/h1-2,7-9,20-24H,3-6H2. The first-order valence-electron chi connectivity index (χ1n) is 8.29. The van der Waals surface area contributed by atoms with Crippen LogP contribution in [0.4, 0.5) is 0 Å². The smallest absolute Gasteiger partial charge is 0.239 e. The summed E-state index contributed by atoms with van der Waals surface area (Å²) < 4.78 is 16.3. The summed E-state index contributed by atoms with van der Waals surface area (Å²) in [6.07, 6.45) is 0. The molecule has 0 saturated heterocycles. The first-order chi connectivity index (χ1) is 13.4. The van der Waals surface area contributed by atoms with Gasteiger partial charge in [-0.15, -0.1) is 0 Å². The quantitative estimate of drug-likeness (QED) is 0.300. The third-order valence-electron chi connectivity index (χ3n) is 3.86. The number of phenolic OH excluding ortho intramolecular Hbond substituents is 4. The Balaban J connectivity index is 2.14. The van der Waals surface area contributed by atoms with E-state index >= 15 is 0 Å². The molecular formula is C19H18O9. The highest BCUT2D eigenvalue weighted by Gasteiger charge is 2.21. The van der Waals surface area contributed by atoms with Crippen molar-refractivity contribution in [1.29, 1.82) is 0 Å². The van der Waals surface area contributed by atoms with Crippen LogP contribution in [0.2, 0.25) is 0 Å². The molecule has 1 aromatic heterocycles. The molecule has 0 bridgehead atoms. The van der Waals surface area contributed by atoms with Gasteiger partial charge < -0.3 is 39.4 Å². The van der Waals surface area contributed by atoms with Gasteiger partial charge in [0.25, 0.3) is 0 Å². The summed E-state index contributed by atoms with van der Waals surface area (Å²) in [6.45, 7) is -0.0198. The average Bonchev–Trinajstić information content (AvgIpc) is 2.64. The molecule has 148 valence electrons. The van der Waals surface area contributed by atoms with E-state index in [0.717, 1.165) is 12.1 Å². The van der Waals surface area contributed by atoms with Gasteiger partial charge in [0, 0.05) is 17.7 Å². The molecule has 0 unspecified atom stereocenters. The molecule has 9 heteroatoms. The van der Waals surface area contributed by atoms with E-state index < -0.39 is 16.9 Å². The third-order valence-corrected chi connectivity index (χ3v) is 3.86. The van der Waals surface area contributed by atoms with E-state index in [2.05, 4.69) is 0 Å². The van der Waals surface area contributed by atoms with Gasteiger partial charge in [0.15, 0.2) is 17.3 Å². The summed E-state index contributed by atoms with van der Waals surface area (Å²) in [7, 11) is 0. The normalized spacial score (nSPS) is 11.0. The van der Waals surface area contributed by atoms with Crippen molar-refractivity contribution in [3.8, 4) is 40.1 Å². The first kappa shape index (κ1) is 19.3. The molecule has 0 atom stereocenters. The van der Waals surface area contributed by atoms with Crippen LogP contribution in [0.5, 0.6) is 28.7 Å². The second-order valence-corrected chi connectivity index (χ2v) is 5.82. The van der Waals surface area contributed by atoms with Gasteiger partial charge in [-0.25, -0.2) is 0 Å². The van der Waals surface area contributed by atoms with Crippen molar-refractivity contribution in [1.82, 2.24) is 0 Å². The molecule has 0 aliphatic heterocycles. The van der Waals surface area contributed by atoms with E-state index in [1.54, 1.807) is 0 Å². The molecule has 0 radical (unpaired) electrons. The van der Waals surface area contributed by atoms with E-state index in [0.29, 0.717) is 0 Å². The number of rotatable bonds is 7. The van der Waals surface area contributed by atoms with Gasteiger partial charge in [-0.1, -0.05) is 0 Å². The van der Waals surface area contributed by atoms with Crippen LogP contribution in [-0.2, 0) is 4.74 Å². The van der Waals surface area contributed by atoms with Crippen LogP contribution in [0.1, 0.15) is 0 Å². The van der Waals surface area contributed by atoms with Crippen LogP contribution in [0.15, 0.2) is 39.5 Å². The topological polar surface area (TPSA) is 150 Å². The van der Waals surface area contributed by atoms with E-state index in [9.17, 15) is 25.2 Å². The fourth-order valence-corrected chi connectivity index (χ4v) is 2.62. The molecule has 0 fully saturated rings. The fourth-order valence-electron chi connectivity index (χ4n) is 2.62. The van der Waals surface area contributed by atoms with E-state index in [1.807, 2.05) is 0 Å². The lowest BCUT2D eigenvalue weighted by Crippen LogP contribution is -2.15. The lowest BCUT2D eigenvalue weighted by atomic mass is 10.1. The molecule has 1 heterocycles. The highest BCUT2D eigenvalue weighted by atomic mass is 16.5. The van der Waals surface area contributed by atoms with Crippen molar-refractivity contribution in [2.75, 3.05) is 26.4 Å². The van der Waals surface area contributed by atoms with Crippen LogP contribution in [-0.4, -0.2) is 52.0 Å². The molecule has 28 heavy (non-hydrogen) atoms. The summed E-state index contributed by atoms with van der Waals surface area (Å²) in [5, 5.41) is 47.5. The summed E-state index contributed by atoms with van der Waals surface area (Å²) in [5.74, 6) is -1.90. The molecular weight excluding hydrogens is 372 g/mol. The van der Waals surface area contributed by atoms with Gasteiger partial charge >= 0.3 is 0 Å². The maximum absolute atomic E-state index is 12.9. The van der Waals surface area contributed by atoms with Gasteiger partial charge in [0.2, 0.25) is 11.2 Å². The number of hydrogen-bond donors (Lipinski definition) is 5. The number of aliphatic hydroxyl groups is 1. The van der Waals surface area contributed by atoms with Crippen molar-refractivity contribution in [3.63, 3.8) is 0 Å². The van der Waals surface area contributed by atoms with Crippen molar-refractivity contribution < 1.29 is 39.4 Å². The van der Waals surface area contributed by atoms with Crippen LogP contribution in [0.3, 0.4) is 0 Å². The zero-order chi connectivity index (χ0) is 20.3. The average molecular weight is 390 g/mol. The van der Waals surface area contributed by atoms with Crippen LogP contribution < -0.4 is 10.2 Å². The summed E-state index contributed by atoms with van der Waals surface area (Å²) in [6, 6.07) is 5.95. The van der Waals surface area contributed by atoms with E-state index in [1.165, 1.54) is 18.2 Å². The van der Waals surface area contributed by atoms with Crippen LogP contribution in [0.25, 0.3) is 22.3 Å². The lowest BCUT2D eigenvalue weighted by Gasteiger charge is -2.13. The number of phenols is 4. The predicted octanol–water partition coefficient (Wildman–Crippen LogP) is 1.67. The molecule has 9 nitrogen and oxygen atoms in total. The maximum atomic E-state index is 12.9.